The summed E-state index contributed by atoms with van der Waals surface area (Å²) in [6.07, 6.45) is 8.95. The molecule has 1 aromatic heterocycles. The first-order valence-corrected chi connectivity index (χ1v) is 10.7. The number of rotatable bonds is 9. The van der Waals surface area contributed by atoms with E-state index in [-0.39, 0.29) is 0 Å². The molecule has 3 heterocycles. The van der Waals surface area contributed by atoms with Crippen LogP contribution in [0.4, 0.5) is 0 Å². The van der Waals surface area contributed by atoms with Gasteiger partial charge in [-0.05, 0) is 57.8 Å². The summed E-state index contributed by atoms with van der Waals surface area (Å²) in [5.41, 5.74) is 0. The van der Waals surface area contributed by atoms with Crippen molar-refractivity contribution in [3.63, 3.8) is 0 Å². The van der Waals surface area contributed by atoms with Crippen LogP contribution in [0.5, 0.6) is 0 Å². The van der Waals surface area contributed by atoms with Crippen LogP contribution in [0, 0.1) is 5.92 Å². The number of hydrogen-bond acceptors (Lipinski definition) is 4. The zero-order valence-electron chi connectivity index (χ0n) is 16.8. The van der Waals surface area contributed by atoms with Gasteiger partial charge in [0.05, 0.1) is 12.9 Å². The van der Waals surface area contributed by atoms with Crippen molar-refractivity contribution in [1.82, 2.24) is 15.5 Å². The average Bonchev–Trinajstić information content (AvgIpc) is 3.40. The Morgan fingerprint density at radius 3 is 2.85 bits per heavy atom. The van der Waals surface area contributed by atoms with Crippen LogP contribution >= 0.6 is 0 Å². The van der Waals surface area contributed by atoms with Crippen molar-refractivity contribution in [2.75, 3.05) is 45.9 Å². The summed E-state index contributed by atoms with van der Waals surface area (Å²) in [6.45, 7) is 9.18. The Balaban J connectivity index is 1.42. The Labute approximate surface area is 163 Å². The second-order valence-electron chi connectivity index (χ2n) is 7.84. The van der Waals surface area contributed by atoms with Gasteiger partial charge in [-0.1, -0.05) is 6.42 Å². The summed E-state index contributed by atoms with van der Waals surface area (Å²) >= 11 is 0. The summed E-state index contributed by atoms with van der Waals surface area (Å²) in [5.74, 6) is 2.48. The van der Waals surface area contributed by atoms with E-state index in [0.29, 0.717) is 12.0 Å². The molecule has 0 radical (unpaired) electrons. The van der Waals surface area contributed by atoms with Gasteiger partial charge in [0.15, 0.2) is 5.96 Å². The van der Waals surface area contributed by atoms with Gasteiger partial charge in [-0.2, -0.15) is 0 Å². The molecule has 2 N–H and O–H groups in total. The Bertz CT molecular complexity index is 534. The highest BCUT2D eigenvalue weighted by Crippen LogP contribution is 2.14. The van der Waals surface area contributed by atoms with E-state index < -0.39 is 0 Å². The Morgan fingerprint density at radius 1 is 1.26 bits per heavy atom. The molecule has 2 atom stereocenters. The standard InChI is InChI=1S/C21H36N4O2/c1-18(25-12-3-2-4-13-25)7-10-22-21(24-16-19-9-15-26-17-19)23-11-8-20-6-5-14-27-20/h5-6,14,18-19H,2-4,7-13,15-17H2,1H3,(H2,22,23,24). The topological polar surface area (TPSA) is 62.0 Å². The summed E-state index contributed by atoms with van der Waals surface area (Å²) in [5, 5.41) is 6.99. The molecular formula is C21H36N4O2. The minimum Gasteiger partial charge on any atom is -0.469 e. The average molecular weight is 377 g/mol. The van der Waals surface area contributed by atoms with Crippen molar-refractivity contribution in [3.8, 4) is 0 Å². The Kier molecular flexibility index (Phi) is 8.49. The van der Waals surface area contributed by atoms with Gasteiger partial charge in [0.1, 0.15) is 5.76 Å². The largest absolute Gasteiger partial charge is 0.469 e. The SMILES string of the molecule is CC(CCNC(=NCC1CCOC1)NCCc1ccco1)N1CCCCC1. The van der Waals surface area contributed by atoms with Crippen LogP contribution in [0.15, 0.2) is 27.8 Å². The van der Waals surface area contributed by atoms with Gasteiger partial charge in [-0.3, -0.25) is 4.99 Å². The van der Waals surface area contributed by atoms with Crippen LogP contribution in [0.25, 0.3) is 0 Å². The minimum atomic E-state index is 0.556. The van der Waals surface area contributed by atoms with Crippen LogP contribution in [0.2, 0.25) is 0 Å². The van der Waals surface area contributed by atoms with Crippen molar-refractivity contribution in [2.45, 2.75) is 51.5 Å². The van der Waals surface area contributed by atoms with E-state index >= 15 is 0 Å². The number of nitrogens with zero attached hydrogens (tertiary/aromatic N) is 2. The molecule has 0 amide bonds. The fourth-order valence-corrected chi connectivity index (χ4v) is 3.82. The molecule has 0 aromatic carbocycles. The molecule has 0 bridgehead atoms. The second kappa shape index (κ2) is 11.3. The van der Waals surface area contributed by atoms with Gasteiger partial charge in [0, 0.05) is 44.6 Å². The molecule has 3 rings (SSSR count). The van der Waals surface area contributed by atoms with Gasteiger partial charge >= 0.3 is 0 Å². The molecule has 6 nitrogen and oxygen atoms in total. The van der Waals surface area contributed by atoms with E-state index in [1.165, 1.54) is 32.4 Å². The number of hydrogen-bond donors (Lipinski definition) is 2. The number of nitrogens with one attached hydrogen (secondary N) is 2. The van der Waals surface area contributed by atoms with Crippen LogP contribution in [0.1, 0.15) is 44.8 Å². The lowest BCUT2D eigenvalue weighted by atomic mass is 10.1. The summed E-state index contributed by atoms with van der Waals surface area (Å²) < 4.78 is 10.9. The number of aliphatic imine (C=N–C) groups is 1. The van der Waals surface area contributed by atoms with E-state index in [4.69, 9.17) is 14.1 Å². The quantitative estimate of drug-likeness (QED) is 0.512. The molecule has 1 aromatic rings. The van der Waals surface area contributed by atoms with Crippen molar-refractivity contribution in [3.05, 3.63) is 24.2 Å². The third kappa shape index (κ3) is 7.18. The third-order valence-corrected chi connectivity index (χ3v) is 5.64. The highest BCUT2D eigenvalue weighted by atomic mass is 16.5. The number of guanidine groups is 1. The van der Waals surface area contributed by atoms with Crippen LogP contribution in [-0.4, -0.2) is 62.8 Å². The van der Waals surface area contributed by atoms with E-state index in [0.717, 1.165) is 63.8 Å². The van der Waals surface area contributed by atoms with Gasteiger partial charge in [0.25, 0.3) is 0 Å². The van der Waals surface area contributed by atoms with Crippen LogP contribution in [0.3, 0.4) is 0 Å². The fourth-order valence-electron chi connectivity index (χ4n) is 3.82. The maximum atomic E-state index is 5.47. The minimum absolute atomic E-state index is 0.556. The first-order chi connectivity index (χ1) is 13.3. The molecule has 6 heteroatoms. The molecule has 152 valence electrons. The number of piperidine rings is 1. The number of ether oxygens (including phenoxy) is 1. The Morgan fingerprint density at radius 2 is 2.11 bits per heavy atom. The van der Waals surface area contributed by atoms with Gasteiger partial charge in [-0.25, -0.2) is 0 Å². The maximum Gasteiger partial charge on any atom is 0.191 e. The smallest absolute Gasteiger partial charge is 0.191 e. The predicted octanol–water partition coefficient (Wildman–Crippen LogP) is 2.66. The highest BCUT2D eigenvalue weighted by Gasteiger charge is 2.17. The molecule has 27 heavy (non-hydrogen) atoms. The molecule has 2 saturated heterocycles. The lowest BCUT2D eigenvalue weighted by molar-refractivity contribution is 0.167. The zero-order chi connectivity index (χ0) is 18.7. The molecule has 0 spiro atoms. The lowest BCUT2D eigenvalue weighted by Gasteiger charge is -2.32. The predicted molar refractivity (Wildman–Crippen MR) is 109 cm³/mol. The third-order valence-electron chi connectivity index (χ3n) is 5.64. The second-order valence-corrected chi connectivity index (χ2v) is 7.84. The van der Waals surface area contributed by atoms with Crippen molar-refractivity contribution in [1.29, 1.82) is 0 Å². The summed E-state index contributed by atoms with van der Waals surface area (Å²) in [7, 11) is 0. The van der Waals surface area contributed by atoms with Gasteiger partial charge in [0.2, 0.25) is 0 Å². The van der Waals surface area contributed by atoms with Gasteiger partial charge < -0.3 is 24.7 Å². The van der Waals surface area contributed by atoms with Crippen LogP contribution < -0.4 is 10.6 Å². The molecule has 2 aliphatic heterocycles. The summed E-state index contributed by atoms with van der Waals surface area (Å²) in [4.78, 5) is 7.43. The molecule has 0 aliphatic carbocycles. The lowest BCUT2D eigenvalue weighted by Crippen LogP contribution is -2.43. The molecule has 2 aliphatic rings. The molecule has 2 fully saturated rings. The maximum absolute atomic E-state index is 5.47. The first-order valence-electron chi connectivity index (χ1n) is 10.7. The molecular weight excluding hydrogens is 340 g/mol. The number of furan rings is 1. The molecule has 0 saturated carbocycles. The number of likely N-dealkylation sites (tertiary alicyclic amines) is 1. The van der Waals surface area contributed by atoms with Crippen molar-refractivity contribution >= 4 is 5.96 Å². The monoisotopic (exact) mass is 376 g/mol. The van der Waals surface area contributed by atoms with Gasteiger partial charge in [-0.15, -0.1) is 0 Å². The van der Waals surface area contributed by atoms with Crippen molar-refractivity contribution in [2.24, 2.45) is 10.9 Å². The fraction of sp³-hybridized carbons (Fsp3) is 0.762. The van der Waals surface area contributed by atoms with E-state index in [1.807, 2.05) is 12.1 Å². The zero-order valence-corrected chi connectivity index (χ0v) is 16.8. The molecule has 2 unspecified atom stereocenters. The Hall–Kier alpha value is -1.53. The van der Waals surface area contributed by atoms with E-state index in [1.54, 1.807) is 6.26 Å². The van der Waals surface area contributed by atoms with E-state index in [2.05, 4.69) is 22.5 Å². The first kappa shape index (κ1) is 20.2. The highest BCUT2D eigenvalue weighted by molar-refractivity contribution is 5.79. The van der Waals surface area contributed by atoms with E-state index in [9.17, 15) is 0 Å². The van der Waals surface area contributed by atoms with Crippen molar-refractivity contribution < 1.29 is 9.15 Å². The normalized spacial score (nSPS) is 22.7. The summed E-state index contributed by atoms with van der Waals surface area (Å²) in [6, 6.07) is 4.58. The van der Waals surface area contributed by atoms with Crippen LogP contribution in [-0.2, 0) is 11.2 Å².